The molecule has 11 heavy (non-hydrogen) atoms. The van der Waals surface area contributed by atoms with Crippen LogP contribution in [0.5, 0.6) is 0 Å². The monoisotopic (exact) mass is 155 g/mol. The number of aliphatic hydroxyl groups excluding tert-OH is 1. The van der Waals surface area contributed by atoms with E-state index in [1.807, 2.05) is 0 Å². The fraction of sp³-hybridized carbons (Fsp3) is 0.571. The summed E-state index contributed by atoms with van der Waals surface area (Å²) in [5, 5.41) is 11.9. The van der Waals surface area contributed by atoms with Gasteiger partial charge in [0.25, 0.3) is 0 Å². The first-order chi connectivity index (χ1) is 5.29. The lowest BCUT2D eigenvalue weighted by molar-refractivity contribution is 0.190. The molecule has 0 bridgehead atoms. The smallest absolute Gasteiger partial charge is 0.120 e. The minimum Gasteiger partial charge on any atom is -0.392 e. The Bertz CT molecular complexity index is 184. The molecular formula is C7H13N3O. The lowest BCUT2D eigenvalue weighted by Crippen LogP contribution is -2.24. The normalized spacial score (nSPS) is 13.3. The van der Waals surface area contributed by atoms with Crippen LogP contribution in [0.25, 0.3) is 0 Å². The molecule has 3 N–H and O–H groups in total. The highest BCUT2D eigenvalue weighted by Gasteiger charge is 1.95. The van der Waals surface area contributed by atoms with Crippen LogP contribution >= 0.6 is 0 Å². The minimum atomic E-state index is -0.301. The minimum absolute atomic E-state index is 0.301. The fourth-order valence-corrected chi connectivity index (χ4v) is 0.794. The molecule has 0 aromatic carbocycles. The molecule has 0 spiro atoms. The van der Waals surface area contributed by atoms with Gasteiger partial charge in [-0.25, -0.2) is 4.98 Å². The first kappa shape index (κ1) is 8.23. The molecule has 0 fully saturated rings. The van der Waals surface area contributed by atoms with Crippen LogP contribution in [0.2, 0.25) is 0 Å². The molecule has 1 aromatic rings. The van der Waals surface area contributed by atoms with E-state index in [0.717, 1.165) is 5.82 Å². The van der Waals surface area contributed by atoms with Crippen molar-refractivity contribution in [2.24, 2.45) is 0 Å². The van der Waals surface area contributed by atoms with E-state index in [1.54, 1.807) is 19.3 Å². The summed E-state index contributed by atoms with van der Waals surface area (Å²) in [7, 11) is 0. The first-order valence-corrected chi connectivity index (χ1v) is 3.66. The van der Waals surface area contributed by atoms with Gasteiger partial charge in [0.15, 0.2) is 0 Å². The molecule has 0 aliphatic carbocycles. The van der Waals surface area contributed by atoms with Crippen molar-refractivity contribution in [3.8, 4) is 0 Å². The largest absolute Gasteiger partial charge is 0.392 e. The summed E-state index contributed by atoms with van der Waals surface area (Å²) < 4.78 is 0. The third-order valence-electron chi connectivity index (χ3n) is 1.29. The summed E-state index contributed by atoms with van der Waals surface area (Å²) in [6.45, 7) is 3.02. The van der Waals surface area contributed by atoms with E-state index in [9.17, 15) is 0 Å². The molecule has 0 amide bonds. The van der Waals surface area contributed by atoms with Gasteiger partial charge in [0, 0.05) is 18.9 Å². The molecule has 0 aliphatic heterocycles. The Hall–Kier alpha value is -0.870. The van der Waals surface area contributed by atoms with E-state index in [0.29, 0.717) is 13.1 Å². The molecule has 4 nitrogen and oxygen atoms in total. The second-order valence-electron chi connectivity index (χ2n) is 2.52. The number of imidazole rings is 1. The third-order valence-corrected chi connectivity index (χ3v) is 1.29. The summed E-state index contributed by atoms with van der Waals surface area (Å²) in [5.74, 6) is 0.894. The van der Waals surface area contributed by atoms with Crippen molar-refractivity contribution in [3.63, 3.8) is 0 Å². The van der Waals surface area contributed by atoms with Gasteiger partial charge >= 0.3 is 0 Å². The van der Waals surface area contributed by atoms with Crippen LogP contribution in [0.4, 0.5) is 0 Å². The average molecular weight is 155 g/mol. The van der Waals surface area contributed by atoms with Crippen molar-refractivity contribution >= 4 is 0 Å². The van der Waals surface area contributed by atoms with E-state index in [-0.39, 0.29) is 6.10 Å². The van der Waals surface area contributed by atoms with Crippen LogP contribution < -0.4 is 5.32 Å². The second kappa shape index (κ2) is 4.10. The lowest BCUT2D eigenvalue weighted by Gasteiger charge is -2.03. The molecule has 0 radical (unpaired) electrons. The van der Waals surface area contributed by atoms with E-state index >= 15 is 0 Å². The number of nitrogens with zero attached hydrogens (tertiary/aromatic N) is 1. The number of H-pyrrole nitrogens is 1. The van der Waals surface area contributed by atoms with Gasteiger partial charge in [0.2, 0.25) is 0 Å². The Labute approximate surface area is 65.7 Å². The Morgan fingerprint density at radius 2 is 2.64 bits per heavy atom. The van der Waals surface area contributed by atoms with Crippen LogP contribution in [0.15, 0.2) is 12.4 Å². The molecule has 62 valence electrons. The summed E-state index contributed by atoms with van der Waals surface area (Å²) in [6, 6.07) is 0. The highest BCUT2D eigenvalue weighted by molar-refractivity contribution is 4.85. The number of hydrogen-bond acceptors (Lipinski definition) is 3. The van der Waals surface area contributed by atoms with Crippen LogP contribution in [-0.4, -0.2) is 27.7 Å². The Morgan fingerprint density at radius 1 is 1.82 bits per heavy atom. The highest BCUT2D eigenvalue weighted by atomic mass is 16.3. The van der Waals surface area contributed by atoms with Gasteiger partial charge in [-0.15, -0.1) is 0 Å². The van der Waals surface area contributed by atoms with E-state index < -0.39 is 0 Å². The molecule has 1 atom stereocenters. The predicted molar refractivity (Wildman–Crippen MR) is 42.0 cm³/mol. The van der Waals surface area contributed by atoms with E-state index in [4.69, 9.17) is 5.11 Å². The molecule has 1 aromatic heterocycles. The van der Waals surface area contributed by atoms with Crippen molar-refractivity contribution in [2.75, 3.05) is 6.54 Å². The zero-order valence-electron chi connectivity index (χ0n) is 6.54. The molecular weight excluding hydrogens is 142 g/mol. The molecule has 0 saturated heterocycles. The Morgan fingerprint density at radius 3 is 3.18 bits per heavy atom. The van der Waals surface area contributed by atoms with Crippen molar-refractivity contribution in [1.82, 2.24) is 15.3 Å². The zero-order valence-corrected chi connectivity index (χ0v) is 6.54. The average Bonchev–Trinajstić information content (AvgIpc) is 2.39. The number of hydrogen-bond donors (Lipinski definition) is 3. The van der Waals surface area contributed by atoms with Gasteiger partial charge in [0.05, 0.1) is 12.6 Å². The van der Waals surface area contributed by atoms with Crippen LogP contribution in [0, 0.1) is 0 Å². The summed E-state index contributed by atoms with van der Waals surface area (Å²) in [4.78, 5) is 6.97. The fourth-order valence-electron chi connectivity index (χ4n) is 0.794. The van der Waals surface area contributed by atoms with Gasteiger partial charge in [-0.3, -0.25) is 0 Å². The quantitative estimate of drug-likeness (QED) is 0.568. The number of aromatic nitrogens is 2. The van der Waals surface area contributed by atoms with Crippen molar-refractivity contribution in [2.45, 2.75) is 19.6 Å². The van der Waals surface area contributed by atoms with E-state index in [2.05, 4.69) is 15.3 Å². The topological polar surface area (TPSA) is 60.9 Å². The van der Waals surface area contributed by atoms with Gasteiger partial charge in [-0.2, -0.15) is 0 Å². The van der Waals surface area contributed by atoms with Gasteiger partial charge in [-0.1, -0.05) is 0 Å². The highest BCUT2D eigenvalue weighted by Crippen LogP contribution is 1.86. The number of rotatable bonds is 4. The van der Waals surface area contributed by atoms with Gasteiger partial charge < -0.3 is 15.4 Å². The number of aliphatic hydroxyl groups is 1. The SMILES string of the molecule is CC(O)CNCc1ncc[nH]1. The maximum absolute atomic E-state index is 8.89. The second-order valence-corrected chi connectivity index (χ2v) is 2.52. The molecule has 1 heterocycles. The maximum atomic E-state index is 8.89. The molecule has 0 saturated carbocycles. The van der Waals surface area contributed by atoms with Crippen molar-refractivity contribution in [1.29, 1.82) is 0 Å². The summed E-state index contributed by atoms with van der Waals surface area (Å²) in [5.41, 5.74) is 0. The Balaban J connectivity index is 2.14. The van der Waals surface area contributed by atoms with Gasteiger partial charge in [0.1, 0.15) is 5.82 Å². The Kier molecular flexibility index (Phi) is 3.07. The number of nitrogens with one attached hydrogen (secondary N) is 2. The molecule has 1 unspecified atom stereocenters. The standard InChI is InChI=1S/C7H13N3O/c1-6(11)4-8-5-7-9-2-3-10-7/h2-3,6,8,11H,4-5H2,1H3,(H,9,10). The predicted octanol–water partition coefficient (Wildman–Crippen LogP) is -0.120. The van der Waals surface area contributed by atoms with Crippen LogP contribution in [0.1, 0.15) is 12.7 Å². The first-order valence-electron chi connectivity index (χ1n) is 3.66. The summed E-state index contributed by atoms with van der Waals surface area (Å²) in [6.07, 6.45) is 3.18. The zero-order chi connectivity index (χ0) is 8.10. The summed E-state index contributed by atoms with van der Waals surface area (Å²) >= 11 is 0. The van der Waals surface area contributed by atoms with Crippen molar-refractivity contribution < 1.29 is 5.11 Å². The van der Waals surface area contributed by atoms with Gasteiger partial charge in [-0.05, 0) is 6.92 Å². The van der Waals surface area contributed by atoms with Crippen molar-refractivity contribution in [3.05, 3.63) is 18.2 Å². The third kappa shape index (κ3) is 3.15. The lowest BCUT2D eigenvalue weighted by atomic mass is 10.4. The number of aromatic amines is 1. The molecule has 0 aliphatic rings. The maximum Gasteiger partial charge on any atom is 0.120 e. The molecule has 1 rings (SSSR count). The van der Waals surface area contributed by atoms with Crippen LogP contribution in [0.3, 0.4) is 0 Å². The molecule has 4 heteroatoms. The van der Waals surface area contributed by atoms with Crippen LogP contribution in [-0.2, 0) is 6.54 Å². The van der Waals surface area contributed by atoms with E-state index in [1.165, 1.54) is 0 Å².